The van der Waals surface area contributed by atoms with Crippen molar-refractivity contribution >= 4 is 31.3 Å². The lowest BCUT2D eigenvalue weighted by atomic mass is 10.3. The molecule has 2 aromatic rings. The van der Waals surface area contributed by atoms with Gasteiger partial charge >= 0.3 is 0 Å². The summed E-state index contributed by atoms with van der Waals surface area (Å²) in [6, 6.07) is 8.28. The lowest BCUT2D eigenvalue weighted by molar-refractivity contribution is 0.319. The average Bonchev–Trinajstić information content (AvgIpc) is 2.53. The van der Waals surface area contributed by atoms with Gasteiger partial charge in [0.2, 0.25) is 0 Å². The molecule has 3 N–H and O–H groups in total. The number of aliphatic hydroxyl groups is 1. The molecule has 9 nitrogen and oxygen atoms in total. The summed E-state index contributed by atoms with van der Waals surface area (Å²) in [5.74, 6) is -0.747. The molecule has 0 spiro atoms. The van der Waals surface area contributed by atoms with E-state index in [1.54, 1.807) is 0 Å². The van der Waals surface area contributed by atoms with Crippen molar-refractivity contribution in [2.24, 2.45) is 10.2 Å². The van der Waals surface area contributed by atoms with Gasteiger partial charge in [-0.05, 0) is 42.5 Å². The number of hydrogen-bond acceptors (Lipinski definition) is 8. The van der Waals surface area contributed by atoms with Crippen molar-refractivity contribution in [2.75, 3.05) is 12.4 Å². The first-order valence-corrected chi connectivity index (χ1v) is 9.88. The molecule has 0 heterocycles. The first kappa shape index (κ1) is 19.0. The number of aromatic hydroxyl groups is 1. The minimum absolute atomic E-state index is 0.0109. The summed E-state index contributed by atoms with van der Waals surface area (Å²) in [6.45, 7) is -0.493. The Balaban J connectivity index is 2.28. The summed E-state index contributed by atoms with van der Waals surface area (Å²) >= 11 is 0. The number of aliphatic hydroxyl groups excluding tert-OH is 1. The Morgan fingerprint density at radius 1 is 0.880 bits per heavy atom. The number of hydrogen-bond donors (Lipinski definition) is 3. The third-order valence-electron chi connectivity index (χ3n) is 3.07. The number of azo groups is 1. The molecule has 0 aliphatic rings. The molecule has 0 aliphatic carbocycles. The molecule has 0 aromatic heterocycles. The number of sulfone groups is 1. The number of benzene rings is 2. The summed E-state index contributed by atoms with van der Waals surface area (Å²) < 4.78 is 54.7. The van der Waals surface area contributed by atoms with Gasteiger partial charge in [-0.15, -0.1) is 5.11 Å². The van der Waals surface area contributed by atoms with Gasteiger partial charge in [0, 0.05) is 0 Å². The molecule has 0 bridgehead atoms. The van der Waals surface area contributed by atoms with Crippen LogP contribution in [0.3, 0.4) is 0 Å². The summed E-state index contributed by atoms with van der Waals surface area (Å²) in [4.78, 5) is -0.443. The van der Waals surface area contributed by atoms with E-state index in [0.717, 1.165) is 18.2 Å². The third-order valence-corrected chi connectivity index (χ3v) is 5.63. The van der Waals surface area contributed by atoms with Crippen LogP contribution in [-0.4, -0.2) is 44.0 Å². The van der Waals surface area contributed by atoms with Gasteiger partial charge in [-0.2, -0.15) is 13.5 Å². The largest absolute Gasteiger partial charge is 0.506 e. The van der Waals surface area contributed by atoms with Gasteiger partial charge in [0.05, 0.1) is 27.8 Å². The first-order valence-electron chi connectivity index (χ1n) is 6.79. The van der Waals surface area contributed by atoms with Crippen molar-refractivity contribution in [3.63, 3.8) is 0 Å². The molecule has 0 aliphatic heterocycles. The fraction of sp³-hybridized carbons (Fsp3) is 0.143. The summed E-state index contributed by atoms with van der Waals surface area (Å²) in [6.07, 6.45) is 0. The van der Waals surface area contributed by atoms with Crippen LogP contribution in [-0.2, 0) is 20.0 Å². The molecule has 0 unspecified atom stereocenters. The van der Waals surface area contributed by atoms with Crippen LogP contribution in [0.4, 0.5) is 11.4 Å². The maximum absolute atomic E-state index is 11.8. The second-order valence-corrected chi connectivity index (χ2v) is 8.39. The van der Waals surface area contributed by atoms with Crippen LogP contribution < -0.4 is 0 Å². The Bertz CT molecular complexity index is 998. The smallest absolute Gasteiger partial charge is 0.294 e. The lowest BCUT2D eigenvalue weighted by Gasteiger charge is -2.03. The number of phenolic OH excluding ortho intramolecular Hbond substituents is 1. The van der Waals surface area contributed by atoms with E-state index in [4.69, 9.17) is 9.66 Å². The molecule has 25 heavy (non-hydrogen) atoms. The zero-order chi connectivity index (χ0) is 18.7. The zero-order valence-electron chi connectivity index (χ0n) is 12.6. The molecule has 0 atom stereocenters. The quantitative estimate of drug-likeness (QED) is 0.505. The Hall–Kier alpha value is -2.34. The fourth-order valence-corrected chi connectivity index (χ4v) is 3.34. The Kier molecular flexibility index (Phi) is 5.52. The molecule has 2 aromatic carbocycles. The SMILES string of the molecule is O=S(=O)(O)c1ccc(O)c(N=Nc2ccc(S(=O)(=O)CCO)cc2)c1. The molecule has 0 saturated heterocycles. The monoisotopic (exact) mass is 386 g/mol. The van der Waals surface area contributed by atoms with Crippen molar-refractivity contribution in [2.45, 2.75) is 9.79 Å². The molecule has 11 heteroatoms. The Morgan fingerprint density at radius 2 is 1.48 bits per heavy atom. The highest BCUT2D eigenvalue weighted by Gasteiger charge is 2.14. The predicted octanol–water partition coefficient (Wildman–Crippen LogP) is 1.82. The van der Waals surface area contributed by atoms with Crippen LogP contribution in [0, 0.1) is 0 Å². The van der Waals surface area contributed by atoms with Gasteiger partial charge < -0.3 is 10.2 Å². The number of nitrogens with zero attached hydrogens (tertiary/aromatic N) is 2. The highest BCUT2D eigenvalue weighted by molar-refractivity contribution is 7.91. The highest BCUT2D eigenvalue weighted by Crippen LogP contribution is 2.30. The van der Waals surface area contributed by atoms with Crippen LogP contribution in [0.25, 0.3) is 0 Å². The maximum Gasteiger partial charge on any atom is 0.294 e. The van der Waals surface area contributed by atoms with E-state index >= 15 is 0 Å². The molecule has 0 radical (unpaired) electrons. The van der Waals surface area contributed by atoms with Gasteiger partial charge in [-0.1, -0.05) is 0 Å². The van der Waals surface area contributed by atoms with Gasteiger partial charge in [0.1, 0.15) is 11.4 Å². The van der Waals surface area contributed by atoms with E-state index in [1.807, 2.05) is 0 Å². The third kappa shape index (κ3) is 4.82. The van der Waals surface area contributed by atoms with Crippen molar-refractivity contribution in [1.82, 2.24) is 0 Å². The fourth-order valence-electron chi connectivity index (χ4n) is 1.81. The van der Waals surface area contributed by atoms with Crippen LogP contribution in [0.15, 0.2) is 62.5 Å². The second-order valence-electron chi connectivity index (χ2n) is 4.86. The highest BCUT2D eigenvalue weighted by atomic mass is 32.2. The van der Waals surface area contributed by atoms with E-state index in [0.29, 0.717) is 0 Å². The van der Waals surface area contributed by atoms with E-state index < -0.39 is 37.2 Å². The standard InChI is InChI=1S/C14H14N2O7S2/c17-7-8-24(19,20)11-3-1-10(2-4-11)15-16-13-9-12(25(21,22)23)5-6-14(13)18/h1-6,9,17-18H,7-8H2,(H,21,22,23). The average molecular weight is 386 g/mol. The minimum Gasteiger partial charge on any atom is -0.506 e. The van der Waals surface area contributed by atoms with E-state index in [9.17, 15) is 21.9 Å². The van der Waals surface area contributed by atoms with E-state index in [2.05, 4.69) is 10.2 Å². The van der Waals surface area contributed by atoms with Crippen LogP contribution in [0.2, 0.25) is 0 Å². The normalized spacial score (nSPS) is 12.6. The van der Waals surface area contributed by atoms with E-state index in [1.165, 1.54) is 24.3 Å². The van der Waals surface area contributed by atoms with Crippen molar-refractivity contribution in [3.05, 3.63) is 42.5 Å². The zero-order valence-corrected chi connectivity index (χ0v) is 14.3. The summed E-state index contributed by atoms with van der Waals surface area (Å²) in [7, 11) is -8.03. The van der Waals surface area contributed by atoms with Crippen LogP contribution in [0.1, 0.15) is 0 Å². The number of rotatable bonds is 6. The molecular formula is C14H14N2O7S2. The number of phenols is 1. The Labute approximate surface area is 144 Å². The van der Waals surface area contributed by atoms with Crippen LogP contribution >= 0.6 is 0 Å². The molecule has 0 saturated carbocycles. The lowest BCUT2D eigenvalue weighted by Crippen LogP contribution is -2.09. The molecule has 0 amide bonds. The van der Waals surface area contributed by atoms with Crippen molar-refractivity contribution in [1.29, 1.82) is 0 Å². The predicted molar refractivity (Wildman–Crippen MR) is 87.7 cm³/mol. The topological polar surface area (TPSA) is 154 Å². The first-order chi connectivity index (χ1) is 11.6. The summed E-state index contributed by atoms with van der Waals surface area (Å²) in [5.41, 5.74) is 0.0618. The Morgan fingerprint density at radius 3 is 2.04 bits per heavy atom. The van der Waals surface area contributed by atoms with Crippen molar-refractivity contribution in [3.8, 4) is 5.75 Å². The van der Waals surface area contributed by atoms with Gasteiger partial charge in [0.25, 0.3) is 10.1 Å². The summed E-state index contributed by atoms with van der Waals surface area (Å²) in [5, 5.41) is 25.9. The molecule has 134 valence electrons. The van der Waals surface area contributed by atoms with Gasteiger partial charge in [-0.25, -0.2) is 8.42 Å². The molecule has 2 rings (SSSR count). The minimum atomic E-state index is -4.45. The van der Waals surface area contributed by atoms with Gasteiger partial charge in [-0.3, -0.25) is 4.55 Å². The van der Waals surface area contributed by atoms with Crippen LogP contribution in [0.5, 0.6) is 5.75 Å². The molecular weight excluding hydrogens is 372 g/mol. The molecule has 0 fully saturated rings. The van der Waals surface area contributed by atoms with Crippen molar-refractivity contribution < 1.29 is 31.6 Å². The van der Waals surface area contributed by atoms with Gasteiger partial charge in [0.15, 0.2) is 9.84 Å². The second kappa shape index (κ2) is 7.27. The van der Waals surface area contributed by atoms with E-state index in [-0.39, 0.29) is 22.0 Å². The maximum atomic E-state index is 11.8.